The number of anilines is 1. The number of hydrogen-bond acceptors (Lipinski definition) is 5. The maximum Gasteiger partial charge on any atom is 0.272 e. The van der Waals surface area contributed by atoms with Crippen LogP contribution in [-0.4, -0.2) is 26.6 Å². The maximum atomic E-state index is 12.4. The predicted octanol–water partition coefficient (Wildman–Crippen LogP) is 2.99. The van der Waals surface area contributed by atoms with Crippen LogP contribution in [-0.2, 0) is 16.4 Å². The van der Waals surface area contributed by atoms with Crippen molar-refractivity contribution in [2.24, 2.45) is 0 Å². The van der Waals surface area contributed by atoms with Gasteiger partial charge < -0.3 is 9.26 Å². The van der Waals surface area contributed by atoms with Gasteiger partial charge in [-0.1, -0.05) is 12.1 Å². The molecule has 6 nitrogen and oxygen atoms in total. The molecule has 0 saturated carbocycles. The van der Waals surface area contributed by atoms with Crippen molar-refractivity contribution in [1.82, 2.24) is 5.16 Å². The molecule has 0 saturated heterocycles. The fourth-order valence-electron chi connectivity index (χ4n) is 1.86. The van der Waals surface area contributed by atoms with E-state index in [1.807, 2.05) is 6.92 Å². The molecular formula is C14H16F2N2O4S. The predicted molar refractivity (Wildman–Crippen MR) is 79.4 cm³/mol. The smallest absolute Gasteiger partial charge is 0.272 e. The summed E-state index contributed by atoms with van der Waals surface area (Å²) < 4.78 is 61.1. The van der Waals surface area contributed by atoms with Crippen molar-refractivity contribution in [3.05, 3.63) is 35.7 Å². The zero-order valence-corrected chi connectivity index (χ0v) is 13.4. The Labute approximate surface area is 132 Å². The average Bonchev–Trinajstić information content (AvgIpc) is 2.85. The number of ether oxygens (including phenoxy) is 1. The van der Waals surface area contributed by atoms with E-state index in [4.69, 9.17) is 9.26 Å². The molecular weight excluding hydrogens is 330 g/mol. The summed E-state index contributed by atoms with van der Waals surface area (Å²) in [7, 11) is -3.84. The lowest BCUT2D eigenvalue weighted by Crippen LogP contribution is -2.14. The van der Waals surface area contributed by atoms with Gasteiger partial charge in [0, 0.05) is 6.42 Å². The van der Waals surface area contributed by atoms with Gasteiger partial charge in [-0.2, -0.15) is 0 Å². The summed E-state index contributed by atoms with van der Waals surface area (Å²) >= 11 is 0. The van der Waals surface area contributed by atoms with E-state index >= 15 is 0 Å². The molecule has 0 aliphatic rings. The summed E-state index contributed by atoms with van der Waals surface area (Å²) in [5.74, 6) is 0.600. The standard InChI is InChI=1S/C14H16F2N2O4S/c1-3-12-14(9(2)17-22-12)18-23(19,20)11-6-4-10(5-7-11)21-8-13(15)16/h4-7,13,18H,3,8H2,1-2H3. The van der Waals surface area contributed by atoms with Crippen LogP contribution in [0.25, 0.3) is 0 Å². The fraction of sp³-hybridized carbons (Fsp3) is 0.357. The lowest BCUT2D eigenvalue weighted by atomic mass is 10.3. The number of benzene rings is 1. The van der Waals surface area contributed by atoms with Gasteiger partial charge in [-0.25, -0.2) is 17.2 Å². The highest BCUT2D eigenvalue weighted by atomic mass is 32.2. The van der Waals surface area contributed by atoms with E-state index in [1.54, 1.807) is 6.92 Å². The zero-order valence-electron chi connectivity index (χ0n) is 12.5. The van der Waals surface area contributed by atoms with Gasteiger partial charge in [-0.05, 0) is 31.2 Å². The van der Waals surface area contributed by atoms with Crippen LogP contribution < -0.4 is 9.46 Å². The minimum atomic E-state index is -3.84. The summed E-state index contributed by atoms with van der Waals surface area (Å²) in [5, 5.41) is 3.73. The minimum absolute atomic E-state index is 0.0236. The first kappa shape index (κ1) is 17.2. The number of hydrogen-bond donors (Lipinski definition) is 1. The van der Waals surface area contributed by atoms with Crippen LogP contribution in [0.4, 0.5) is 14.5 Å². The maximum absolute atomic E-state index is 12.4. The Hall–Kier alpha value is -2.16. The number of nitrogens with one attached hydrogen (secondary N) is 1. The second-order valence-electron chi connectivity index (χ2n) is 4.70. The first-order chi connectivity index (χ1) is 10.8. The van der Waals surface area contributed by atoms with E-state index < -0.39 is 23.1 Å². The molecule has 1 aromatic heterocycles. The molecule has 0 radical (unpaired) electrons. The molecule has 0 spiro atoms. The molecule has 0 fully saturated rings. The van der Waals surface area contributed by atoms with Crippen molar-refractivity contribution in [3.8, 4) is 5.75 Å². The van der Waals surface area contributed by atoms with E-state index in [2.05, 4.69) is 9.88 Å². The molecule has 126 valence electrons. The number of aromatic nitrogens is 1. The lowest BCUT2D eigenvalue weighted by molar-refractivity contribution is 0.0819. The molecule has 23 heavy (non-hydrogen) atoms. The Kier molecular flexibility index (Phi) is 5.19. The summed E-state index contributed by atoms with van der Waals surface area (Å²) in [4.78, 5) is -0.0236. The SMILES string of the molecule is CCc1onc(C)c1NS(=O)(=O)c1ccc(OCC(F)F)cc1. The molecule has 0 amide bonds. The van der Waals surface area contributed by atoms with Crippen LogP contribution in [0.5, 0.6) is 5.75 Å². The van der Waals surface area contributed by atoms with Gasteiger partial charge >= 0.3 is 0 Å². The Morgan fingerprint density at radius 3 is 2.52 bits per heavy atom. The van der Waals surface area contributed by atoms with Crippen molar-refractivity contribution in [1.29, 1.82) is 0 Å². The highest BCUT2D eigenvalue weighted by Crippen LogP contribution is 2.25. The topological polar surface area (TPSA) is 81.4 Å². The molecule has 0 aliphatic carbocycles. The third-order valence-electron chi connectivity index (χ3n) is 3.00. The number of halogens is 2. The molecule has 2 aromatic rings. The molecule has 0 atom stereocenters. The normalized spacial score (nSPS) is 11.7. The summed E-state index contributed by atoms with van der Waals surface area (Å²) in [6.45, 7) is 2.69. The van der Waals surface area contributed by atoms with E-state index in [0.717, 1.165) is 0 Å². The average molecular weight is 346 g/mol. The second kappa shape index (κ2) is 6.95. The highest BCUT2D eigenvalue weighted by Gasteiger charge is 2.20. The molecule has 1 N–H and O–H groups in total. The number of rotatable bonds is 7. The van der Waals surface area contributed by atoms with Crippen LogP contribution in [0, 0.1) is 6.92 Å². The van der Waals surface area contributed by atoms with Gasteiger partial charge in [0.15, 0.2) is 5.76 Å². The third kappa shape index (κ3) is 4.19. The number of alkyl halides is 2. The molecule has 0 unspecified atom stereocenters. The first-order valence-corrected chi connectivity index (χ1v) is 8.30. The molecule has 2 rings (SSSR count). The van der Waals surface area contributed by atoms with Crippen molar-refractivity contribution in [2.75, 3.05) is 11.3 Å². The largest absolute Gasteiger partial charge is 0.488 e. The molecule has 9 heteroatoms. The first-order valence-electron chi connectivity index (χ1n) is 6.82. The van der Waals surface area contributed by atoms with Crippen LogP contribution in [0.1, 0.15) is 18.4 Å². The number of nitrogens with zero attached hydrogens (tertiary/aromatic N) is 1. The van der Waals surface area contributed by atoms with E-state index in [1.165, 1.54) is 24.3 Å². The summed E-state index contributed by atoms with van der Waals surface area (Å²) in [6, 6.07) is 5.19. The van der Waals surface area contributed by atoms with Gasteiger partial charge in [0.2, 0.25) is 0 Å². The molecule has 0 bridgehead atoms. The van der Waals surface area contributed by atoms with Crippen LogP contribution in [0.2, 0.25) is 0 Å². The summed E-state index contributed by atoms with van der Waals surface area (Å²) in [6.07, 6.45) is -2.11. The van der Waals surface area contributed by atoms with Crippen LogP contribution >= 0.6 is 0 Å². The van der Waals surface area contributed by atoms with E-state index in [-0.39, 0.29) is 10.6 Å². The van der Waals surface area contributed by atoms with Crippen molar-refractivity contribution in [2.45, 2.75) is 31.6 Å². The van der Waals surface area contributed by atoms with Gasteiger partial charge in [0.05, 0.1) is 4.90 Å². The fourth-order valence-corrected chi connectivity index (χ4v) is 3.00. The lowest BCUT2D eigenvalue weighted by Gasteiger charge is -2.09. The third-order valence-corrected chi connectivity index (χ3v) is 4.37. The van der Waals surface area contributed by atoms with Crippen molar-refractivity contribution in [3.63, 3.8) is 0 Å². The van der Waals surface area contributed by atoms with Gasteiger partial charge in [0.25, 0.3) is 16.4 Å². The van der Waals surface area contributed by atoms with Crippen molar-refractivity contribution < 1.29 is 26.5 Å². The number of sulfonamides is 1. The Bertz CT molecular complexity index is 758. The van der Waals surface area contributed by atoms with E-state index in [9.17, 15) is 17.2 Å². The monoisotopic (exact) mass is 346 g/mol. The van der Waals surface area contributed by atoms with Gasteiger partial charge in [-0.3, -0.25) is 4.72 Å². The Balaban J connectivity index is 2.18. The van der Waals surface area contributed by atoms with E-state index in [0.29, 0.717) is 23.6 Å². The van der Waals surface area contributed by atoms with Gasteiger partial charge in [-0.15, -0.1) is 0 Å². The minimum Gasteiger partial charge on any atom is -0.488 e. The highest BCUT2D eigenvalue weighted by molar-refractivity contribution is 7.92. The van der Waals surface area contributed by atoms with Crippen LogP contribution in [0.15, 0.2) is 33.7 Å². The Morgan fingerprint density at radius 1 is 1.30 bits per heavy atom. The Morgan fingerprint density at radius 2 is 1.96 bits per heavy atom. The van der Waals surface area contributed by atoms with Crippen molar-refractivity contribution >= 4 is 15.7 Å². The second-order valence-corrected chi connectivity index (χ2v) is 6.38. The molecule has 1 heterocycles. The quantitative estimate of drug-likeness (QED) is 0.833. The number of aryl methyl sites for hydroxylation is 2. The molecule has 1 aromatic carbocycles. The van der Waals surface area contributed by atoms with Crippen LogP contribution in [0.3, 0.4) is 0 Å². The summed E-state index contributed by atoms with van der Waals surface area (Å²) in [5.41, 5.74) is 0.743. The molecule has 0 aliphatic heterocycles. The zero-order chi connectivity index (χ0) is 17.0. The van der Waals surface area contributed by atoms with Gasteiger partial charge in [0.1, 0.15) is 23.7 Å².